The Bertz CT molecular complexity index is 177. The number of carbonyl (C=O) groups is 1. The van der Waals surface area contributed by atoms with Crippen LogP contribution in [0, 0.1) is 5.92 Å². The smallest absolute Gasteiger partial charge is 0.303 e. The molecule has 0 bridgehead atoms. The number of aliphatic hydroxyl groups is 1. The molecular formula is C10H18O3. The maximum atomic E-state index is 10.3. The Balaban J connectivity index is 2.21. The predicted molar refractivity (Wildman–Crippen MR) is 49.5 cm³/mol. The first kappa shape index (κ1) is 10.5. The van der Waals surface area contributed by atoms with Crippen molar-refractivity contribution in [2.45, 2.75) is 51.0 Å². The van der Waals surface area contributed by atoms with Crippen molar-refractivity contribution in [3.8, 4) is 0 Å². The van der Waals surface area contributed by atoms with Crippen molar-refractivity contribution in [3.63, 3.8) is 0 Å². The van der Waals surface area contributed by atoms with Crippen LogP contribution >= 0.6 is 0 Å². The average molecular weight is 186 g/mol. The van der Waals surface area contributed by atoms with Gasteiger partial charge < -0.3 is 10.2 Å². The molecule has 0 saturated heterocycles. The molecule has 13 heavy (non-hydrogen) atoms. The molecule has 3 nitrogen and oxygen atoms in total. The molecule has 0 radical (unpaired) electrons. The van der Waals surface area contributed by atoms with Gasteiger partial charge in [-0.3, -0.25) is 4.79 Å². The van der Waals surface area contributed by atoms with Gasteiger partial charge in [-0.1, -0.05) is 0 Å². The Hall–Kier alpha value is -0.570. The van der Waals surface area contributed by atoms with E-state index in [1.165, 1.54) is 0 Å². The lowest BCUT2D eigenvalue weighted by atomic mass is 9.78. The summed E-state index contributed by atoms with van der Waals surface area (Å²) in [6.07, 6.45) is 4.62. The second-order valence-electron chi connectivity index (χ2n) is 4.37. The highest BCUT2D eigenvalue weighted by Gasteiger charge is 2.28. The number of rotatable bonds is 3. The van der Waals surface area contributed by atoms with Gasteiger partial charge in [-0.25, -0.2) is 0 Å². The zero-order valence-electron chi connectivity index (χ0n) is 8.12. The van der Waals surface area contributed by atoms with Gasteiger partial charge in [0.1, 0.15) is 0 Å². The molecule has 0 aromatic heterocycles. The molecule has 3 heteroatoms. The third-order valence-corrected chi connectivity index (χ3v) is 2.95. The minimum Gasteiger partial charge on any atom is -0.481 e. The standard InChI is InChI=1S/C10H18O3/c1-10(13)6-4-8(5-7-10)2-3-9(11)12/h8,13H,2-7H2,1H3,(H,11,12). The van der Waals surface area contributed by atoms with Crippen LogP contribution in [0.4, 0.5) is 0 Å². The first-order chi connectivity index (χ1) is 5.99. The van der Waals surface area contributed by atoms with Gasteiger partial charge in [-0.2, -0.15) is 0 Å². The van der Waals surface area contributed by atoms with Gasteiger partial charge >= 0.3 is 5.97 Å². The Morgan fingerprint density at radius 1 is 1.46 bits per heavy atom. The molecule has 0 aromatic rings. The quantitative estimate of drug-likeness (QED) is 0.706. The van der Waals surface area contributed by atoms with E-state index >= 15 is 0 Å². The first-order valence-corrected chi connectivity index (χ1v) is 4.94. The summed E-state index contributed by atoms with van der Waals surface area (Å²) in [7, 11) is 0. The molecule has 76 valence electrons. The van der Waals surface area contributed by atoms with Gasteiger partial charge in [0.05, 0.1) is 5.60 Å². The van der Waals surface area contributed by atoms with E-state index in [-0.39, 0.29) is 6.42 Å². The lowest BCUT2D eigenvalue weighted by molar-refractivity contribution is -0.137. The van der Waals surface area contributed by atoms with Crippen LogP contribution in [0.25, 0.3) is 0 Å². The van der Waals surface area contributed by atoms with Gasteiger partial charge in [0.2, 0.25) is 0 Å². The molecule has 0 aliphatic heterocycles. The Morgan fingerprint density at radius 3 is 2.46 bits per heavy atom. The number of hydrogen-bond donors (Lipinski definition) is 2. The highest BCUT2D eigenvalue weighted by molar-refractivity contribution is 5.66. The zero-order chi connectivity index (χ0) is 9.90. The molecule has 1 aliphatic carbocycles. The van der Waals surface area contributed by atoms with Crippen molar-refractivity contribution in [1.29, 1.82) is 0 Å². The fourth-order valence-electron chi connectivity index (χ4n) is 1.92. The minimum atomic E-state index is -0.711. The van der Waals surface area contributed by atoms with Gasteiger partial charge in [0.25, 0.3) is 0 Å². The zero-order valence-corrected chi connectivity index (χ0v) is 8.12. The van der Waals surface area contributed by atoms with Crippen LogP contribution in [0.1, 0.15) is 45.4 Å². The van der Waals surface area contributed by atoms with Gasteiger partial charge in [-0.05, 0) is 44.9 Å². The number of hydrogen-bond acceptors (Lipinski definition) is 2. The molecule has 2 N–H and O–H groups in total. The summed E-state index contributed by atoms with van der Waals surface area (Å²) >= 11 is 0. The Morgan fingerprint density at radius 2 is 2.00 bits per heavy atom. The average Bonchev–Trinajstić information content (AvgIpc) is 2.02. The van der Waals surface area contributed by atoms with E-state index in [0.717, 1.165) is 32.1 Å². The van der Waals surface area contributed by atoms with E-state index in [1.54, 1.807) is 0 Å². The van der Waals surface area contributed by atoms with Crippen LogP contribution < -0.4 is 0 Å². The summed E-state index contributed by atoms with van der Waals surface area (Å²) in [6.45, 7) is 1.86. The lowest BCUT2D eigenvalue weighted by Crippen LogP contribution is -2.30. The lowest BCUT2D eigenvalue weighted by Gasteiger charge is -2.32. The number of carboxylic acids is 1. The maximum absolute atomic E-state index is 10.3. The molecule has 0 heterocycles. The summed E-state index contributed by atoms with van der Waals surface area (Å²) in [5.41, 5.74) is -0.500. The van der Waals surface area contributed by atoms with Crippen molar-refractivity contribution >= 4 is 5.97 Å². The topological polar surface area (TPSA) is 57.5 Å². The van der Waals surface area contributed by atoms with Crippen LogP contribution in [-0.2, 0) is 4.79 Å². The van der Waals surface area contributed by atoms with E-state index in [1.807, 2.05) is 6.92 Å². The van der Waals surface area contributed by atoms with Crippen LogP contribution in [-0.4, -0.2) is 21.8 Å². The molecule has 0 amide bonds. The summed E-state index contributed by atoms with van der Waals surface area (Å²) < 4.78 is 0. The van der Waals surface area contributed by atoms with Gasteiger partial charge in [-0.15, -0.1) is 0 Å². The predicted octanol–water partition coefficient (Wildman–Crippen LogP) is 1.79. The Kier molecular flexibility index (Phi) is 3.31. The molecule has 1 saturated carbocycles. The van der Waals surface area contributed by atoms with Crippen molar-refractivity contribution < 1.29 is 15.0 Å². The number of aliphatic carboxylic acids is 1. The van der Waals surface area contributed by atoms with Crippen molar-refractivity contribution in [1.82, 2.24) is 0 Å². The third-order valence-electron chi connectivity index (χ3n) is 2.95. The third kappa shape index (κ3) is 3.77. The molecule has 0 spiro atoms. The molecular weight excluding hydrogens is 168 g/mol. The summed E-state index contributed by atoms with van der Waals surface area (Å²) in [6, 6.07) is 0. The molecule has 0 unspecified atom stereocenters. The van der Waals surface area contributed by atoms with Crippen LogP contribution in [0.3, 0.4) is 0 Å². The van der Waals surface area contributed by atoms with E-state index < -0.39 is 11.6 Å². The van der Waals surface area contributed by atoms with Crippen molar-refractivity contribution in [2.75, 3.05) is 0 Å². The van der Waals surface area contributed by atoms with Crippen LogP contribution in [0.2, 0.25) is 0 Å². The largest absolute Gasteiger partial charge is 0.481 e. The Labute approximate surface area is 78.8 Å². The van der Waals surface area contributed by atoms with Crippen molar-refractivity contribution in [3.05, 3.63) is 0 Å². The first-order valence-electron chi connectivity index (χ1n) is 4.94. The van der Waals surface area contributed by atoms with Crippen LogP contribution in [0.5, 0.6) is 0 Å². The van der Waals surface area contributed by atoms with E-state index in [2.05, 4.69) is 0 Å². The molecule has 1 fully saturated rings. The maximum Gasteiger partial charge on any atom is 0.303 e. The normalized spacial score (nSPS) is 34.5. The molecule has 0 atom stereocenters. The van der Waals surface area contributed by atoms with Crippen LogP contribution in [0.15, 0.2) is 0 Å². The summed E-state index contributed by atoms with van der Waals surface area (Å²) in [5.74, 6) is -0.200. The molecule has 1 aliphatic rings. The summed E-state index contributed by atoms with van der Waals surface area (Å²) in [5, 5.41) is 18.2. The second-order valence-corrected chi connectivity index (χ2v) is 4.37. The number of carboxylic acid groups (broad SMARTS) is 1. The van der Waals surface area contributed by atoms with E-state index in [4.69, 9.17) is 5.11 Å². The van der Waals surface area contributed by atoms with E-state index in [9.17, 15) is 9.90 Å². The fraction of sp³-hybridized carbons (Fsp3) is 0.900. The molecule has 1 rings (SSSR count). The van der Waals surface area contributed by atoms with E-state index in [0.29, 0.717) is 5.92 Å². The monoisotopic (exact) mass is 186 g/mol. The minimum absolute atomic E-state index is 0.271. The van der Waals surface area contributed by atoms with Crippen molar-refractivity contribution in [2.24, 2.45) is 5.92 Å². The highest BCUT2D eigenvalue weighted by Crippen LogP contribution is 2.33. The fourth-order valence-corrected chi connectivity index (χ4v) is 1.92. The molecule has 0 aromatic carbocycles. The SMILES string of the molecule is CC1(O)CCC(CCC(=O)O)CC1. The van der Waals surface area contributed by atoms with Gasteiger partial charge in [0.15, 0.2) is 0 Å². The van der Waals surface area contributed by atoms with Gasteiger partial charge in [0, 0.05) is 6.42 Å². The highest BCUT2D eigenvalue weighted by atomic mass is 16.4. The summed E-state index contributed by atoms with van der Waals surface area (Å²) in [4.78, 5) is 10.3. The second kappa shape index (κ2) is 4.09.